The highest BCUT2D eigenvalue weighted by atomic mass is 16.4. The Bertz CT molecular complexity index is 2620. The number of hydrogen-bond acceptors (Lipinski definition) is 19. The fraction of sp³-hybridized carbons (Fsp3) is 0.630. The Kier molecular flexibility index (Phi) is 34.0. The third-order valence-electron chi connectivity index (χ3n) is 13.8. The van der Waals surface area contributed by atoms with E-state index < -0.39 is 164 Å². The lowest BCUT2D eigenvalue weighted by Gasteiger charge is -2.31. The number of likely N-dealkylation sites (tertiary alicyclic amines) is 1. The standard InChI is InChI=1S/C54H90N18O17/c1-28(2)24-37(52(88)89)69-47(83)36(25-29-12-14-30(75)15-13-29)68-49(85)38(26-73)70-45(81)33(9-5-21-62-53(58)59)65-46(82)34(17-18-41(57)76)66-48(84)39(27-74)71-50(86)40-11-7-23-72(40)51(87)35(10-6-22-63-54(60)61)67-44(80)32(8-3-4-20-55)64-43(79)31(56)16-19-42(77)78/h12-15,28,31-40,73-75H,3-11,16-27,55-56H2,1-2H3,(H2,57,76)(H,64,79)(H,65,82)(H,66,84)(H,67,80)(H,68,85)(H,69,83)(H,70,81)(H,71,86)(H,77,78)(H,88,89)(H4,58,59,62)(H4,60,61,63)/t31-,32-,33-,34-,35-,36-,37-,38-,39-,40-/m0/s1. The number of nitrogens with one attached hydrogen (secondary N) is 8. The first-order valence-corrected chi connectivity index (χ1v) is 29.0. The number of aliphatic imine (C=N–C) groups is 2. The molecular weight excluding hydrogens is 1170 g/mol. The van der Waals surface area contributed by atoms with Crippen molar-refractivity contribution in [2.75, 3.05) is 39.4 Å². The summed E-state index contributed by atoms with van der Waals surface area (Å²) in [6.45, 7) is 1.39. The normalized spacial score (nSPS) is 15.8. The van der Waals surface area contributed by atoms with Crippen LogP contribution in [0.2, 0.25) is 0 Å². The number of amides is 10. The molecule has 498 valence electrons. The first-order chi connectivity index (χ1) is 42.0. The third kappa shape index (κ3) is 28.6. The zero-order chi connectivity index (χ0) is 66.9. The molecular formula is C54H90N18O17. The number of nitrogens with two attached hydrogens (primary N) is 7. The van der Waals surface area contributed by atoms with Crippen LogP contribution in [0.4, 0.5) is 0 Å². The van der Waals surface area contributed by atoms with Crippen molar-refractivity contribution in [3.63, 3.8) is 0 Å². The highest BCUT2D eigenvalue weighted by molar-refractivity contribution is 5.99. The first-order valence-electron chi connectivity index (χ1n) is 29.0. The Hall–Kier alpha value is -8.96. The van der Waals surface area contributed by atoms with Gasteiger partial charge in [0.2, 0.25) is 59.1 Å². The van der Waals surface area contributed by atoms with E-state index in [1.165, 1.54) is 24.3 Å². The van der Waals surface area contributed by atoms with Crippen molar-refractivity contribution < 1.29 is 83.1 Å². The van der Waals surface area contributed by atoms with E-state index in [0.29, 0.717) is 18.4 Å². The zero-order valence-electron chi connectivity index (χ0n) is 50.0. The Labute approximate surface area is 513 Å². The number of primary amides is 1. The maximum atomic E-state index is 14.4. The molecule has 10 atom stereocenters. The summed E-state index contributed by atoms with van der Waals surface area (Å²) in [5.41, 5.74) is 39.3. The summed E-state index contributed by atoms with van der Waals surface area (Å²) in [5.74, 6) is -13.3. The van der Waals surface area contributed by atoms with Crippen LogP contribution in [0.25, 0.3) is 0 Å². The number of nitrogens with zero attached hydrogens (tertiary/aromatic N) is 3. The lowest BCUT2D eigenvalue weighted by atomic mass is 10.0. The summed E-state index contributed by atoms with van der Waals surface area (Å²) in [7, 11) is 0. The predicted molar refractivity (Wildman–Crippen MR) is 319 cm³/mol. The van der Waals surface area contributed by atoms with E-state index in [2.05, 4.69) is 52.5 Å². The molecule has 1 saturated heterocycles. The molecule has 1 aliphatic rings. The monoisotopic (exact) mass is 1260 g/mol. The zero-order valence-corrected chi connectivity index (χ0v) is 50.0. The van der Waals surface area contributed by atoms with Gasteiger partial charge in [-0.1, -0.05) is 26.0 Å². The number of unbranched alkanes of at least 4 members (excludes halogenated alkanes) is 1. The minimum absolute atomic E-state index is 0.00923. The number of carbonyl (C=O) groups is 12. The van der Waals surface area contributed by atoms with Crippen molar-refractivity contribution >= 4 is 82.9 Å². The van der Waals surface area contributed by atoms with E-state index in [9.17, 15) is 78.0 Å². The number of guanidine groups is 2. The minimum atomic E-state index is -1.84. The van der Waals surface area contributed by atoms with Crippen molar-refractivity contribution in [1.82, 2.24) is 47.4 Å². The molecule has 10 amide bonds. The van der Waals surface area contributed by atoms with E-state index in [4.69, 9.17) is 45.2 Å². The number of benzene rings is 1. The molecule has 0 aliphatic carbocycles. The van der Waals surface area contributed by atoms with Crippen LogP contribution in [0.15, 0.2) is 34.3 Å². The topological polar surface area (TPSA) is 612 Å². The molecule has 1 fully saturated rings. The van der Waals surface area contributed by atoms with Gasteiger partial charge in [0.05, 0.1) is 19.3 Å². The molecule has 89 heavy (non-hydrogen) atoms. The fourth-order valence-electron chi connectivity index (χ4n) is 9.10. The van der Waals surface area contributed by atoms with Crippen LogP contribution in [-0.2, 0) is 64.0 Å². The van der Waals surface area contributed by atoms with Gasteiger partial charge < -0.3 is 113 Å². The van der Waals surface area contributed by atoms with Gasteiger partial charge in [-0.05, 0) is 107 Å². The van der Waals surface area contributed by atoms with Gasteiger partial charge in [-0.25, -0.2) is 4.79 Å². The summed E-state index contributed by atoms with van der Waals surface area (Å²) < 4.78 is 0. The van der Waals surface area contributed by atoms with E-state index in [-0.39, 0.29) is 114 Å². The quantitative estimate of drug-likeness (QED) is 0.0164. The summed E-state index contributed by atoms with van der Waals surface area (Å²) in [4.78, 5) is 169. The number of rotatable bonds is 42. The van der Waals surface area contributed by atoms with Crippen LogP contribution in [0.3, 0.4) is 0 Å². The van der Waals surface area contributed by atoms with Crippen molar-refractivity contribution in [3.05, 3.63) is 29.8 Å². The number of aliphatic hydroxyl groups excluding tert-OH is 2. The second kappa shape index (κ2) is 39.8. The number of hydrogen-bond donors (Lipinski definition) is 20. The maximum absolute atomic E-state index is 14.4. The number of carboxylic acids is 2. The molecule has 35 heteroatoms. The van der Waals surface area contributed by atoms with Crippen LogP contribution in [0.5, 0.6) is 5.75 Å². The maximum Gasteiger partial charge on any atom is 0.326 e. The van der Waals surface area contributed by atoms with Gasteiger partial charge in [0, 0.05) is 38.9 Å². The lowest BCUT2D eigenvalue weighted by molar-refractivity contribution is -0.143. The largest absolute Gasteiger partial charge is 0.508 e. The molecule has 35 nitrogen and oxygen atoms in total. The van der Waals surface area contributed by atoms with E-state index in [0.717, 1.165) is 4.90 Å². The number of carbonyl (C=O) groups excluding carboxylic acids is 10. The molecule has 27 N–H and O–H groups in total. The van der Waals surface area contributed by atoms with Crippen LogP contribution < -0.4 is 82.7 Å². The molecule has 0 radical (unpaired) electrons. The number of carboxylic acid groups (broad SMARTS) is 2. The first kappa shape index (κ1) is 76.1. The molecule has 0 saturated carbocycles. The highest BCUT2D eigenvalue weighted by Crippen LogP contribution is 2.21. The molecule has 1 aromatic rings. The van der Waals surface area contributed by atoms with Gasteiger partial charge >= 0.3 is 11.9 Å². The number of phenolic OH excluding ortho intramolecular Hbond substituents is 1. The lowest BCUT2D eigenvalue weighted by Crippen LogP contribution is -2.61. The molecule has 0 spiro atoms. The second-order valence-corrected chi connectivity index (χ2v) is 21.6. The van der Waals surface area contributed by atoms with E-state index in [1.54, 1.807) is 13.8 Å². The average Bonchev–Trinajstić information content (AvgIpc) is 2.43. The molecule has 1 aromatic carbocycles. The Balaban J connectivity index is 2.43. The number of aromatic hydroxyl groups is 1. The van der Waals surface area contributed by atoms with Crippen LogP contribution in [-0.4, -0.2) is 213 Å². The Morgan fingerprint density at radius 1 is 0.562 bits per heavy atom. The van der Waals surface area contributed by atoms with E-state index >= 15 is 0 Å². The molecule has 0 unspecified atom stereocenters. The summed E-state index contributed by atoms with van der Waals surface area (Å²) in [6, 6.07) is -9.70. The molecule has 0 aromatic heterocycles. The van der Waals surface area contributed by atoms with Gasteiger partial charge in [0.1, 0.15) is 60.1 Å². The van der Waals surface area contributed by atoms with Crippen LogP contribution in [0, 0.1) is 5.92 Å². The van der Waals surface area contributed by atoms with Gasteiger partial charge in [0.25, 0.3) is 0 Å². The van der Waals surface area contributed by atoms with Crippen molar-refractivity contribution in [1.29, 1.82) is 0 Å². The predicted octanol–water partition coefficient (Wildman–Crippen LogP) is -7.39. The van der Waals surface area contributed by atoms with Crippen molar-refractivity contribution in [2.45, 2.75) is 171 Å². The third-order valence-corrected chi connectivity index (χ3v) is 13.8. The number of aliphatic hydroxyl groups is 2. The second-order valence-electron chi connectivity index (χ2n) is 21.6. The van der Waals surface area contributed by atoms with Crippen LogP contribution in [0.1, 0.15) is 109 Å². The average molecular weight is 1260 g/mol. The van der Waals surface area contributed by atoms with Gasteiger partial charge in [0.15, 0.2) is 11.9 Å². The van der Waals surface area contributed by atoms with Crippen LogP contribution >= 0.6 is 0 Å². The minimum Gasteiger partial charge on any atom is -0.508 e. The number of aliphatic carboxylic acids is 2. The summed E-state index contributed by atoms with van der Waals surface area (Å²) >= 11 is 0. The van der Waals surface area contributed by atoms with Crippen molar-refractivity contribution in [2.24, 2.45) is 56.0 Å². The van der Waals surface area contributed by atoms with Crippen molar-refractivity contribution in [3.8, 4) is 5.75 Å². The SMILES string of the molecule is CC(C)C[C@H](NC(=O)[C@H](Cc1ccc(O)cc1)NC(=O)[C@H](CO)NC(=O)[C@H](CCCN=C(N)N)NC(=O)[C@H](CCC(N)=O)NC(=O)[C@H](CO)NC(=O)[C@@H]1CCCN1C(=O)[C@H](CCCN=C(N)N)NC(=O)[C@H](CCCCN)NC(=O)[C@@H](N)CCC(=O)O)C(=O)O. The Morgan fingerprint density at radius 3 is 1.51 bits per heavy atom. The number of phenols is 1. The molecule has 1 aliphatic heterocycles. The molecule has 0 bridgehead atoms. The summed E-state index contributed by atoms with van der Waals surface area (Å²) in [5, 5.41) is 69.0. The highest BCUT2D eigenvalue weighted by Gasteiger charge is 2.40. The fourth-order valence-corrected chi connectivity index (χ4v) is 9.10. The van der Waals surface area contributed by atoms with E-state index in [1.807, 2.05) is 0 Å². The smallest absolute Gasteiger partial charge is 0.326 e. The Morgan fingerprint density at radius 2 is 1.01 bits per heavy atom. The summed E-state index contributed by atoms with van der Waals surface area (Å²) in [6.07, 6.45) is -1.18. The van der Waals surface area contributed by atoms with Gasteiger partial charge in [-0.2, -0.15) is 0 Å². The molecule has 1 heterocycles. The molecule has 2 rings (SSSR count). The van der Waals surface area contributed by atoms with Gasteiger partial charge in [-0.15, -0.1) is 0 Å². The van der Waals surface area contributed by atoms with Gasteiger partial charge in [-0.3, -0.25) is 62.7 Å².